The zero-order valence-electron chi connectivity index (χ0n) is 9.88. The fourth-order valence-electron chi connectivity index (χ4n) is 1.65. The van der Waals surface area contributed by atoms with E-state index in [1.807, 2.05) is 6.92 Å². The van der Waals surface area contributed by atoms with Crippen molar-refractivity contribution in [3.8, 4) is 0 Å². The van der Waals surface area contributed by atoms with Gasteiger partial charge in [0, 0.05) is 12.0 Å². The summed E-state index contributed by atoms with van der Waals surface area (Å²) in [6.45, 7) is 2.67. The average Bonchev–Trinajstić information content (AvgIpc) is 2.29. The first-order valence-corrected chi connectivity index (χ1v) is 6.10. The molecule has 94 valence electrons. The molecule has 0 fully saturated rings. The van der Waals surface area contributed by atoms with E-state index in [9.17, 15) is 9.18 Å². The number of halogens is 2. The molecular weight excluding hydrogens is 241 g/mol. The SMILES string of the molecule is CC(CCN)CCC(=O)c1cc(F)ccc1Cl. The van der Waals surface area contributed by atoms with Crippen molar-refractivity contribution in [1.29, 1.82) is 0 Å². The average molecular weight is 258 g/mol. The van der Waals surface area contributed by atoms with Crippen molar-refractivity contribution < 1.29 is 9.18 Å². The molecule has 2 N–H and O–H groups in total. The number of hydrogen-bond acceptors (Lipinski definition) is 2. The second kappa shape index (κ2) is 6.72. The van der Waals surface area contributed by atoms with E-state index >= 15 is 0 Å². The maximum atomic E-state index is 13.0. The quantitative estimate of drug-likeness (QED) is 0.794. The molecule has 1 atom stereocenters. The largest absolute Gasteiger partial charge is 0.330 e. The number of ketones is 1. The molecule has 0 radical (unpaired) electrons. The van der Waals surface area contributed by atoms with Crippen LogP contribution in [0.15, 0.2) is 18.2 Å². The Balaban J connectivity index is 2.61. The van der Waals surface area contributed by atoms with Crippen molar-refractivity contribution in [1.82, 2.24) is 0 Å². The molecule has 0 aromatic heterocycles. The highest BCUT2D eigenvalue weighted by Gasteiger charge is 2.12. The van der Waals surface area contributed by atoms with Crippen molar-refractivity contribution >= 4 is 17.4 Å². The molecule has 1 aromatic carbocycles. The topological polar surface area (TPSA) is 43.1 Å². The van der Waals surface area contributed by atoms with Gasteiger partial charge in [-0.1, -0.05) is 18.5 Å². The Morgan fingerprint density at radius 3 is 2.82 bits per heavy atom. The van der Waals surface area contributed by atoms with Crippen LogP contribution in [0.1, 0.15) is 36.5 Å². The summed E-state index contributed by atoms with van der Waals surface area (Å²) < 4.78 is 13.0. The molecule has 1 aromatic rings. The van der Waals surface area contributed by atoms with Gasteiger partial charge < -0.3 is 5.73 Å². The second-order valence-electron chi connectivity index (χ2n) is 4.27. The van der Waals surface area contributed by atoms with Crippen LogP contribution in [0, 0.1) is 11.7 Å². The molecule has 0 heterocycles. The van der Waals surface area contributed by atoms with Gasteiger partial charge in [-0.3, -0.25) is 4.79 Å². The Morgan fingerprint density at radius 1 is 1.47 bits per heavy atom. The predicted octanol–water partition coefficient (Wildman–Crippen LogP) is 3.43. The third kappa shape index (κ3) is 4.44. The molecule has 0 aliphatic carbocycles. The number of benzene rings is 1. The van der Waals surface area contributed by atoms with E-state index in [0.29, 0.717) is 23.9 Å². The van der Waals surface area contributed by atoms with Crippen molar-refractivity contribution in [3.05, 3.63) is 34.6 Å². The summed E-state index contributed by atoms with van der Waals surface area (Å²) in [6, 6.07) is 3.85. The number of hydrogen-bond donors (Lipinski definition) is 1. The van der Waals surface area contributed by atoms with Gasteiger partial charge in [0.2, 0.25) is 0 Å². The van der Waals surface area contributed by atoms with Gasteiger partial charge in [0.1, 0.15) is 5.82 Å². The van der Waals surface area contributed by atoms with Crippen LogP contribution in [0.5, 0.6) is 0 Å². The third-order valence-electron chi connectivity index (χ3n) is 2.75. The zero-order valence-corrected chi connectivity index (χ0v) is 10.6. The van der Waals surface area contributed by atoms with E-state index in [1.54, 1.807) is 0 Å². The summed E-state index contributed by atoms with van der Waals surface area (Å²) in [5.41, 5.74) is 5.71. The van der Waals surface area contributed by atoms with E-state index < -0.39 is 5.82 Å². The van der Waals surface area contributed by atoms with Crippen LogP contribution in [-0.4, -0.2) is 12.3 Å². The van der Waals surface area contributed by atoms with Gasteiger partial charge in [-0.05, 0) is 43.5 Å². The Bertz CT molecular complexity index is 395. The molecule has 0 amide bonds. The summed E-state index contributed by atoms with van der Waals surface area (Å²) in [5, 5.41) is 0.308. The minimum atomic E-state index is -0.437. The second-order valence-corrected chi connectivity index (χ2v) is 4.68. The van der Waals surface area contributed by atoms with Gasteiger partial charge in [-0.25, -0.2) is 4.39 Å². The van der Waals surface area contributed by atoms with Crippen LogP contribution in [-0.2, 0) is 0 Å². The Kier molecular flexibility index (Phi) is 5.59. The lowest BCUT2D eigenvalue weighted by Gasteiger charge is -2.09. The van der Waals surface area contributed by atoms with Crippen LogP contribution < -0.4 is 5.73 Å². The molecule has 0 saturated carbocycles. The predicted molar refractivity (Wildman–Crippen MR) is 67.8 cm³/mol. The maximum Gasteiger partial charge on any atom is 0.164 e. The lowest BCUT2D eigenvalue weighted by atomic mass is 9.97. The molecule has 1 rings (SSSR count). The van der Waals surface area contributed by atoms with E-state index in [4.69, 9.17) is 17.3 Å². The number of Topliss-reactive ketones (excluding diaryl/α,β-unsaturated/α-hetero) is 1. The van der Waals surface area contributed by atoms with Crippen LogP contribution >= 0.6 is 11.6 Å². The number of carbonyl (C=O) groups excluding carboxylic acids is 1. The maximum absolute atomic E-state index is 13.0. The van der Waals surface area contributed by atoms with Crippen molar-refractivity contribution in [2.24, 2.45) is 11.7 Å². The molecule has 4 heteroatoms. The fraction of sp³-hybridized carbons (Fsp3) is 0.462. The highest BCUT2D eigenvalue weighted by molar-refractivity contribution is 6.33. The highest BCUT2D eigenvalue weighted by Crippen LogP contribution is 2.20. The normalized spacial score (nSPS) is 12.5. The van der Waals surface area contributed by atoms with Crippen molar-refractivity contribution in [3.63, 3.8) is 0 Å². The van der Waals surface area contributed by atoms with Gasteiger partial charge in [0.05, 0.1) is 5.02 Å². The lowest BCUT2D eigenvalue weighted by Crippen LogP contribution is -2.08. The molecule has 1 unspecified atom stereocenters. The monoisotopic (exact) mass is 257 g/mol. The zero-order chi connectivity index (χ0) is 12.8. The van der Waals surface area contributed by atoms with Crippen LogP contribution in [0.25, 0.3) is 0 Å². The molecule has 17 heavy (non-hydrogen) atoms. The summed E-state index contributed by atoms with van der Waals surface area (Å²) in [6.07, 6.45) is 2.03. The molecule has 0 aliphatic rings. The number of nitrogens with two attached hydrogens (primary N) is 1. The summed E-state index contributed by atoms with van der Waals surface area (Å²) in [4.78, 5) is 11.8. The number of rotatable bonds is 6. The first kappa shape index (κ1) is 14.1. The molecule has 0 bridgehead atoms. The Hall–Kier alpha value is -0.930. The molecule has 2 nitrogen and oxygen atoms in total. The van der Waals surface area contributed by atoms with Crippen molar-refractivity contribution in [2.75, 3.05) is 6.54 Å². The smallest absolute Gasteiger partial charge is 0.164 e. The molecule has 0 saturated heterocycles. The van der Waals surface area contributed by atoms with Gasteiger partial charge in [0.25, 0.3) is 0 Å². The first-order chi connectivity index (χ1) is 8.04. The Labute approximate surface area is 106 Å². The summed E-state index contributed by atoms with van der Waals surface area (Å²) >= 11 is 5.86. The van der Waals surface area contributed by atoms with Gasteiger partial charge in [0.15, 0.2) is 5.78 Å². The van der Waals surface area contributed by atoms with Gasteiger partial charge in [-0.2, -0.15) is 0 Å². The van der Waals surface area contributed by atoms with E-state index in [-0.39, 0.29) is 11.3 Å². The molecule has 0 spiro atoms. The van der Waals surface area contributed by atoms with E-state index in [1.165, 1.54) is 18.2 Å². The third-order valence-corrected chi connectivity index (χ3v) is 3.08. The van der Waals surface area contributed by atoms with Crippen LogP contribution in [0.4, 0.5) is 4.39 Å². The number of carbonyl (C=O) groups is 1. The lowest BCUT2D eigenvalue weighted by molar-refractivity contribution is 0.0974. The molecule has 0 aliphatic heterocycles. The van der Waals surface area contributed by atoms with Crippen LogP contribution in [0.2, 0.25) is 5.02 Å². The van der Waals surface area contributed by atoms with E-state index in [0.717, 1.165) is 12.8 Å². The highest BCUT2D eigenvalue weighted by atomic mass is 35.5. The van der Waals surface area contributed by atoms with Gasteiger partial charge >= 0.3 is 0 Å². The summed E-state index contributed by atoms with van der Waals surface area (Å²) in [5.74, 6) is -0.151. The Morgan fingerprint density at radius 2 is 2.18 bits per heavy atom. The standard InChI is InChI=1S/C13H17ClFNO/c1-9(6-7-16)2-5-13(17)11-8-10(15)3-4-12(11)14/h3-4,8-9H,2,5-7,16H2,1H3. The fourth-order valence-corrected chi connectivity index (χ4v) is 1.88. The first-order valence-electron chi connectivity index (χ1n) is 5.73. The van der Waals surface area contributed by atoms with Crippen molar-refractivity contribution in [2.45, 2.75) is 26.2 Å². The minimum absolute atomic E-state index is 0.113. The van der Waals surface area contributed by atoms with E-state index in [2.05, 4.69) is 0 Å². The molecular formula is C13H17ClFNO. The summed E-state index contributed by atoms with van der Waals surface area (Å²) in [7, 11) is 0. The minimum Gasteiger partial charge on any atom is -0.330 e. The van der Waals surface area contributed by atoms with Crippen LogP contribution in [0.3, 0.4) is 0 Å². The van der Waals surface area contributed by atoms with Gasteiger partial charge in [-0.15, -0.1) is 0 Å².